The Morgan fingerprint density at radius 1 is 1.32 bits per heavy atom. The predicted molar refractivity (Wildman–Crippen MR) is 73.5 cm³/mol. The Labute approximate surface area is 115 Å². The second-order valence-electron chi connectivity index (χ2n) is 5.76. The molecule has 2 atom stereocenters. The van der Waals surface area contributed by atoms with Gasteiger partial charge < -0.3 is 10.8 Å². The number of aliphatic hydroxyl groups excluding tert-OH is 1. The predicted octanol–water partition coefficient (Wildman–Crippen LogP) is 1.52. The van der Waals surface area contributed by atoms with Gasteiger partial charge in [-0.3, -0.25) is 10.0 Å². The highest BCUT2D eigenvalue weighted by Gasteiger charge is 2.36. The first-order chi connectivity index (χ1) is 9.10. The molecule has 1 amide bonds. The van der Waals surface area contributed by atoms with E-state index in [0.717, 1.165) is 11.5 Å². The van der Waals surface area contributed by atoms with Crippen LogP contribution in [-0.4, -0.2) is 40.5 Å². The third-order valence-corrected chi connectivity index (χ3v) is 4.06. The van der Waals surface area contributed by atoms with Crippen LogP contribution < -0.4 is 5.73 Å². The third kappa shape index (κ3) is 5.09. The van der Waals surface area contributed by atoms with Crippen LogP contribution in [0.25, 0.3) is 0 Å². The first-order valence-electron chi connectivity index (χ1n) is 7.42. The van der Waals surface area contributed by atoms with Gasteiger partial charge in [-0.05, 0) is 31.1 Å². The number of aliphatic hydroxyl groups is 1. The van der Waals surface area contributed by atoms with E-state index < -0.39 is 0 Å². The van der Waals surface area contributed by atoms with Crippen molar-refractivity contribution in [2.45, 2.75) is 57.9 Å². The first-order valence-corrected chi connectivity index (χ1v) is 7.42. The van der Waals surface area contributed by atoms with E-state index in [1.165, 1.54) is 32.1 Å². The van der Waals surface area contributed by atoms with E-state index in [4.69, 9.17) is 10.8 Å². The third-order valence-electron chi connectivity index (χ3n) is 4.06. The van der Waals surface area contributed by atoms with Gasteiger partial charge in [-0.15, -0.1) is 0 Å². The van der Waals surface area contributed by atoms with Crippen LogP contribution in [0.4, 0.5) is 0 Å². The van der Waals surface area contributed by atoms with E-state index >= 15 is 0 Å². The van der Waals surface area contributed by atoms with Crippen molar-refractivity contribution >= 4 is 5.91 Å². The van der Waals surface area contributed by atoms with Gasteiger partial charge in [0.1, 0.15) is 0 Å². The van der Waals surface area contributed by atoms with Gasteiger partial charge in [0.05, 0.1) is 12.6 Å². The highest BCUT2D eigenvalue weighted by atomic mass is 16.5. The Morgan fingerprint density at radius 2 is 1.89 bits per heavy atom. The van der Waals surface area contributed by atoms with Crippen molar-refractivity contribution < 1.29 is 15.1 Å². The zero-order chi connectivity index (χ0) is 14.3. The summed E-state index contributed by atoms with van der Waals surface area (Å²) in [6.07, 6.45) is 7.70. The van der Waals surface area contributed by atoms with Gasteiger partial charge in [-0.25, -0.2) is 5.06 Å². The number of amides is 1. The van der Waals surface area contributed by atoms with Gasteiger partial charge in [0.2, 0.25) is 5.91 Å². The number of piperidine rings is 1. The van der Waals surface area contributed by atoms with E-state index in [1.54, 1.807) is 0 Å². The molecule has 112 valence electrons. The van der Waals surface area contributed by atoms with E-state index in [-0.39, 0.29) is 18.6 Å². The number of hydrogen-bond donors (Lipinski definition) is 3. The highest BCUT2D eigenvalue weighted by Crippen LogP contribution is 2.34. The van der Waals surface area contributed by atoms with E-state index in [9.17, 15) is 10.0 Å². The average molecular weight is 272 g/mol. The summed E-state index contributed by atoms with van der Waals surface area (Å²) in [6.45, 7) is 2.58. The Morgan fingerprint density at radius 3 is 2.42 bits per heavy atom. The maximum absolute atomic E-state index is 11.5. The van der Waals surface area contributed by atoms with Gasteiger partial charge in [0.15, 0.2) is 0 Å². The number of nitrogens with zero attached hydrogens (tertiary/aromatic N) is 1. The SMILES string of the molecule is CC1CC(=O)N(O)C(C2CCCCC2)C1.NCCO. The number of nitrogens with two attached hydrogens (primary N) is 1. The number of carbonyl (C=O) groups excluding carboxylic acids is 1. The van der Waals surface area contributed by atoms with Crippen LogP contribution in [0, 0.1) is 11.8 Å². The smallest absolute Gasteiger partial charge is 0.246 e. The molecule has 0 aromatic heterocycles. The fraction of sp³-hybridized carbons (Fsp3) is 0.929. The summed E-state index contributed by atoms with van der Waals surface area (Å²) in [5.74, 6) is 0.896. The summed E-state index contributed by atoms with van der Waals surface area (Å²) in [5, 5.41) is 18.6. The zero-order valence-corrected chi connectivity index (χ0v) is 11.9. The lowest BCUT2D eigenvalue weighted by Gasteiger charge is -2.39. The molecule has 4 N–H and O–H groups in total. The topological polar surface area (TPSA) is 86.8 Å². The van der Waals surface area contributed by atoms with Crippen molar-refractivity contribution in [3.8, 4) is 0 Å². The molecule has 5 heteroatoms. The molecule has 5 nitrogen and oxygen atoms in total. The molecule has 0 aromatic carbocycles. The second-order valence-corrected chi connectivity index (χ2v) is 5.76. The molecule has 1 aliphatic heterocycles. The average Bonchev–Trinajstić information content (AvgIpc) is 2.44. The number of hydroxylamine groups is 2. The van der Waals surface area contributed by atoms with E-state index in [0.29, 0.717) is 24.8 Å². The van der Waals surface area contributed by atoms with Crippen LogP contribution in [-0.2, 0) is 4.79 Å². The lowest BCUT2D eigenvalue weighted by molar-refractivity contribution is -0.192. The molecule has 1 aliphatic carbocycles. The summed E-state index contributed by atoms with van der Waals surface area (Å²) < 4.78 is 0. The Bertz CT molecular complexity index is 265. The maximum atomic E-state index is 11.5. The van der Waals surface area contributed by atoms with Crippen molar-refractivity contribution in [2.75, 3.05) is 13.2 Å². The summed E-state index contributed by atoms with van der Waals surface area (Å²) in [4.78, 5) is 11.5. The fourth-order valence-corrected chi connectivity index (χ4v) is 3.08. The summed E-state index contributed by atoms with van der Waals surface area (Å²) in [6, 6.07) is 0.0987. The quantitative estimate of drug-likeness (QED) is 0.665. The molecule has 0 bridgehead atoms. The van der Waals surface area contributed by atoms with Crippen LogP contribution in [0.5, 0.6) is 0 Å². The number of rotatable bonds is 2. The largest absolute Gasteiger partial charge is 0.395 e. The van der Waals surface area contributed by atoms with Gasteiger partial charge in [0.25, 0.3) is 0 Å². The molecule has 0 spiro atoms. The molecule has 0 aromatic rings. The van der Waals surface area contributed by atoms with Gasteiger partial charge in [-0.1, -0.05) is 26.2 Å². The first kappa shape index (κ1) is 16.4. The van der Waals surface area contributed by atoms with Gasteiger partial charge in [-0.2, -0.15) is 0 Å². The Balaban J connectivity index is 0.000000399. The monoisotopic (exact) mass is 272 g/mol. The van der Waals surface area contributed by atoms with E-state index in [2.05, 4.69) is 6.92 Å². The molecular formula is C14H28N2O3. The number of hydrogen-bond acceptors (Lipinski definition) is 4. The summed E-state index contributed by atoms with van der Waals surface area (Å²) >= 11 is 0. The van der Waals surface area contributed by atoms with Crippen molar-refractivity contribution in [1.82, 2.24) is 5.06 Å². The number of carbonyl (C=O) groups is 1. The molecule has 2 rings (SSSR count). The standard InChI is InChI=1S/C12H21NO2.C2H7NO/c1-9-7-11(13(15)12(14)8-9)10-5-3-2-4-6-10;3-1-2-4/h9-11,15H,2-8H2,1H3;4H,1-3H2. The van der Waals surface area contributed by atoms with Crippen molar-refractivity contribution in [2.24, 2.45) is 17.6 Å². The highest BCUT2D eigenvalue weighted by molar-refractivity contribution is 5.76. The van der Waals surface area contributed by atoms with Crippen LogP contribution in [0.2, 0.25) is 0 Å². The molecule has 1 saturated carbocycles. The fourth-order valence-electron chi connectivity index (χ4n) is 3.08. The van der Waals surface area contributed by atoms with Crippen LogP contribution in [0.1, 0.15) is 51.9 Å². The lowest BCUT2D eigenvalue weighted by Crippen LogP contribution is -2.48. The molecule has 1 saturated heterocycles. The molecule has 19 heavy (non-hydrogen) atoms. The molecular weight excluding hydrogens is 244 g/mol. The van der Waals surface area contributed by atoms with Crippen molar-refractivity contribution in [3.63, 3.8) is 0 Å². The van der Waals surface area contributed by atoms with Crippen molar-refractivity contribution in [1.29, 1.82) is 0 Å². The Kier molecular flexibility index (Phi) is 7.34. The molecule has 2 fully saturated rings. The van der Waals surface area contributed by atoms with Crippen LogP contribution in [0.3, 0.4) is 0 Å². The van der Waals surface area contributed by atoms with E-state index in [1.807, 2.05) is 0 Å². The zero-order valence-electron chi connectivity index (χ0n) is 11.9. The molecule has 2 aliphatic rings. The van der Waals surface area contributed by atoms with Crippen LogP contribution >= 0.6 is 0 Å². The minimum Gasteiger partial charge on any atom is -0.395 e. The van der Waals surface area contributed by atoms with Gasteiger partial charge >= 0.3 is 0 Å². The summed E-state index contributed by atoms with van der Waals surface area (Å²) in [5.41, 5.74) is 4.78. The lowest BCUT2D eigenvalue weighted by atomic mass is 9.78. The molecule has 0 radical (unpaired) electrons. The summed E-state index contributed by atoms with van der Waals surface area (Å²) in [7, 11) is 0. The van der Waals surface area contributed by atoms with Gasteiger partial charge in [0, 0.05) is 13.0 Å². The minimum absolute atomic E-state index is 0.0793. The normalized spacial score (nSPS) is 28.8. The van der Waals surface area contributed by atoms with Crippen molar-refractivity contribution in [3.05, 3.63) is 0 Å². The maximum Gasteiger partial charge on any atom is 0.246 e. The minimum atomic E-state index is -0.0793. The second kappa shape index (κ2) is 8.51. The molecule has 1 heterocycles. The Hall–Kier alpha value is -0.650. The molecule has 2 unspecified atom stereocenters. The van der Waals surface area contributed by atoms with Crippen LogP contribution in [0.15, 0.2) is 0 Å².